The fourth-order valence-electron chi connectivity index (χ4n) is 2.37. The molecular weight excluding hydrogens is 275 g/mol. The van der Waals surface area contributed by atoms with Gasteiger partial charge in [0.1, 0.15) is 0 Å². The summed E-state index contributed by atoms with van der Waals surface area (Å²) in [5.41, 5.74) is 1.91. The third-order valence-corrected chi connectivity index (χ3v) is 3.25. The molecule has 0 aliphatic carbocycles. The second kappa shape index (κ2) is 6.76. The Hall–Kier alpha value is -1.81. The second-order valence-corrected chi connectivity index (χ2v) is 5.14. The number of alkyl halides is 3. The minimum atomic E-state index is -4.16. The third kappa shape index (κ3) is 4.90. The van der Waals surface area contributed by atoms with Crippen molar-refractivity contribution in [1.29, 1.82) is 0 Å². The van der Waals surface area contributed by atoms with Gasteiger partial charge in [-0.1, -0.05) is 60.7 Å². The first-order valence-electron chi connectivity index (χ1n) is 6.88. The van der Waals surface area contributed by atoms with Crippen molar-refractivity contribution in [1.82, 2.24) is 5.32 Å². The van der Waals surface area contributed by atoms with Gasteiger partial charge in [0.2, 0.25) is 0 Å². The summed E-state index contributed by atoms with van der Waals surface area (Å²) >= 11 is 0. The summed E-state index contributed by atoms with van der Waals surface area (Å²) in [4.78, 5) is 0. The predicted molar refractivity (Wildman–Crippen MR) is 78.0 cm³/mol. The van der Waals surface area contributed by atoms with Crippen molar-refractivity contribution in [3.05, 3.63) is 71.8 Å². The molecule has 0 radical (unpaired) electrons. The fourth-order valence-corrected chi connectivity index (χ4v) is 2.37. The SMILES string of the molecule is CC(CC(F)(F)F)NC(c1ccccc1)c1ccccc1. The van der Waals surface area contributed by atoms with E-state index in [1.165, 1.54) is 0 Å². The van der Waals surface area contributed by atoms with E-state index in [0.29, 0.717) is 0 Å². The summed E-state index contributed by atoms with van der Waals surface area (Å²) in [5, 5.41) is 3.09. The Morgan fingerprint density at radius 3 is 1.67 bits per heavy atom. The lowest BCUT2D eigenvalue weighted by molar-refractivity contribution is -0.139. The zero-order chi connectivity index (χ0) is 15.3. The second-order valence-electron chi connectivity index (χ2n) is 5.14. The molecule has 0 bridgehead atoms. The molecular formula is C17H18F3N. The molecule has 0 aromatic heterocycles. The van der Waals surface area contributed by atoms with E-state index < -0.39 is 18.6 Å². The molecule has 0 amide bonds. The highest BCUT2D eigenvalue weighted by atomic mass is 19.4. The highest BCUT2D eigenvalue weighted by molar-refractivity contribution is 5.31. The van der Waals surface area contributed by atoms with Gasteiger partial charge >= 0.3 is 6.18 Å². The lowest BCUT2D eigenvalue weighted by atomic mass is 9.97. The number of hydrogen-bond donors (Lipinski definition) is 1. The molecule has 2 rings (SSSR count). The minimum absolute atomic E-state index is 0.246. The molecule has 2 aromatic rings. The average Bonchev–Trinajstić information content (AvgIpc) is 2.45. The summed E-state index contributed by atoms with van der Waals surface area (Å²) in [6.07, 6.45) is -5.01. The van der Waals surface area contributed by atoms with Crippen LogP contribution in [-0.4, -0.2) is 12.2 Å². The van der Waals surface area contributed by atoms with Crippen LogP contribution in [0.4, 0.5) is 13.2 Å². The van der Waals surface area contributed by atoms with E-state index in [-0.39, 0.29) is 6.04 Å². The lowest BCUT2D eigenvalue weighted by Crippen LogP contribution is -2.34. The molecule has 1 unspecified atom stereocenters. The van der Waals surface area contributed by atoms with Gasteiger partial charge in [-0.2, -0.15) is 13.2 Å². The standard InChI is InChI=1S/C17H18F3N/c1-13(12-17(18,19)20)21-16(14-8-4-2-5-9-14)15-10-6-3-7-11-15/h2-11,13,16,21H,12H2,1H3. The van der Waals surface area contributed by atoms with Gasteiger partial charge in [0.25, 0.3) is 0 Å². The molecule has 0 fully saturated rings. The number of halogens is 3. The molecule has 2 aromatic carbocycles. The summed E-state index contributed by atoms with van der Waals surface area (Å²) in [7, 11) is 0. The van der Waals surface area contributed by atoms with E-state index in [2.05, 4.69) is 5.32 Å². The van der Waals surface area contributed by atoms with Crippen molar-refractivity contribution in [2.24, 2.45) is 0 Å². The van der Waals surface area contributed by atoms with Gasteiger partial charge in [-0.25, -0.2) is 0 Å². The van der Waals surface area contributed by atoms with Gasteiger partial charge in [0, 0.05) is 6.04 Å². The first-order valence-corrected chi connectivity index (χ1v) is 6.88. The molecule has 1 N–H and O–H groups in total. The molecule has 21 heavy (non-hydrogen) atoms. The first-order chi connectivity index (χ1) is 9.96. The van der Waals surface area contributed by atoms with E-state index in [9.17, 15) is 13.2 Å². The van der Waals surface area contributed by atoms with Crippen LogP contribution < -0.4 is 5.32 Å². The highest BCUT2D eigenvalue weighted by Crippen LogP contribution is 2.26. The van der Waals surface area contributed by atoms with Gasteiger partial charge in [-0.15, -0.1) is 0 Å². The summed E-state index contributed by atoms with van der Waals surface area (Å²) in [6.45, 7) is 1.56. The Kier molecular flexibility index (Phi) is 5.02. The van der Waals surface area contributed by atoms with E-state index in [1.807, 2.05) is 60.7 Å². The van der Waals surface area contributed by atoms with Crippen molar-refractivity contribution in [2.75, 3.05) is 0 Å². The van der Waals surface area contributed by atoms with Crippen molar-refractivity contribution >= 4 is 0 Å². The van der Waals surface area contributed by atoms with E-state index in [0.717, 1.165) is 11.1 Å². The monoisotopic (exact) mass is 293 g/mol. The van der Waals surface area contributed by atoms with Crippen LogP contribution in [0.5, 0.6) is 0 Å². The molecule has 0 aliphatic heterocycles. The van der Waals surface area contributed by atoms with Crippen LogP contribution in [0.25, 0.3) is 0 Å². The quantitative estimate of drug-likeness (QED) is 0.842. The fraction of sp³-hybridized carbons (Fsp3) is 0.294. The Morgan fingerprint density at radius 1 is 0.857 bits per heavy atom. The van der Waals surface area contributed by atoms with E-state index in [1.54, 1.807) is 6.92 Å². The Morgan fingerprint density at radius 2 is 1.29 bits per heavy atom. The normalized spacial score (nSPS) is 13.4. The number of nitrogens with one attached hydrogen (secondary N) is 1. The van der Waals surface area contributed by atoms with Gasteiger partial charge < -0.3 is 5.32 Å². The van der Waals surface area contributed by atoms with Crippen molar-refractivity contribution < 1.29 is 13.2 Å². The first kappa shape index (κ1) is 15.6. The molecule has 0 spiro atoms. The molecule has 1 nitrogen and oxygen atoms in total. The average molecular weight is 293 g/mol. The van der Waals surface area contributed by atoms with Gasteiger partial charge in [0.15, 0.2) is 0 Å². The molecule has 0 saturated carbocycles. The Balaban J connectivity index is 2.21. The maximum absolute atomic E-state index is 12.5. The summed E-state index contributed by atoms with van der Waals surface area (Å²) < 4.78 is 37.6. The van der Waals surface area contributed by atoms with Gasteiger partial charge in [-0.3, -0.25) is 0 Å². The minimum Gasteiger partial charge on any atom is -0.303 e. The number of hydrogen-bond acceptors (Lipinski definition) is 1. The molecule has 112 valence electrons. The molecule has 0 aliphatic rings. The lowest BCUT2D eigenvalue weighted by Gasteiger charge is -2.25. The van der Waals surface area contributed by atoms with Gasteiger partial charge in [0.05, 0.1) is 12.5 Å². The third-order valence-electron chi connectivity index (χ3n) is 3.25. The molecule has 0 saturated heterocycles. The maximum Gasteiger partial charge on any atom is 0.390 e. The van der Waals surface area contributed by atoms with E-state index in [4.69, 9.17) is 0 Å². The van der Waals surface area contributed by atoms with Crippen LogP contribution in [0.1, 0.15) is 30.5 Å². The van der Waals surface area contributed by atoms with Gasteiger partial charge in [-0.05, 0) is 18.1 Å². The summed E-state index contributed by atoms with van der Waals surface area (Å²) in [6, 6.07) is 18.1. The van der Waals surface area contributed by atoms with Crippen molar-refractivity contribution in [2.45, 2.75) is 31.6 Å². The highest BCUT2D eigenvalue weighted by Gasteiger charge is 2.31. The van der Waals surface area contributed by atoms with Crippen LogP contribution in [0, 0.1) is 0 Å². The molecule has 4 heteroatoms. The largest absolute Gasteiger partial charge is 0.390 e. The van der Waals surface area contributed by atoms with E-state index >= 15 is 0 Å². The number of benzene rings is 2. The smallest absolute Gasteiger partial charge is 0.303 e. The van der Waals surface area contributed by atoms with Crippen LogP contribution in [-0.2, 0) is 0 Å². The zero-order valence-electron chi connectivity index (χ0n) is 11.8. The Bertz CT molecular complexity index is 497. The van der Waals surface area contributed by atoms with Crippen LogP contribution in [0.15, 0.2) is 60.7 Å². The summed E-state index contributed by atoms with van der Waals surface area (Å²) in [5.74, 6) is 0. The Labute approximate surface area is 122 Å². The van der Waals surface area contributed by atoms with Crippen molar-refractivity contribution in [3.8, 4) is 0 Å². The topological polar surface area (TPSA) is 12.0 Å². The molecule has 0 heterocycles. The zero-order valence-corrected chi connectivity index (χ0v) is 11.8. The molecule has 1 atom stereocenters. The predicted octanol–water partition coefficient (Wildman–Crippen LogP) is 4.71. The van der Waals surface area contributed by atoms with Crippen LogP contribution >= 0.6 is 0 Å². The number of rotatable bonds is 5. The maximum atomic E-state index is 12.5. The van der Waals surface area contributed by atoms with Crippen LogP contribution in [0.3, 0.4) is 0 Å². The van der Waals surface area contributed by atoms with Crippen LogP contribution in [0.2, 0.25) is 0 Å². The van der Waals surface area contributed by atoms with Crippen molar-refractivity contribution in [3.63, 3.8) is 0 Å².